The van der Waals surface area contributed by atoms with Gasteiger partial charge in [0.15, 0.2) is 0 Å². The second kappa shape index (κ2) is 16.3. The maximum atomic E-state index is 15.7. The first-order valence-electron chi connectivity index (χ1n) is 18.3. The molecular formula is C41H41ClF4N6O5. The minimum absolute atomic E-state index is 0.00441. The summed E-state index contributed by atoms with van der Waals surface area (Å²) >= 11 is 7.07. The summed E-state index contributed by atoms with van der Waals surface area (Å²) in [5.74, 6) is -1.32. The van der Waals surface area contributed by atoms with Gasteiger partial charge < -0.3 is 25.2 Å². The number of carboxylic acid groups (broad SMARTS) is 1. The van der Waals surface area contributed by atoms with E-state index in [-0.39, 0.29) is 56.0 Å². The number of hydrazine groups is 1. The number of carboxylic acids is 1. The van der Waals surface area contributed by atoms with Crippen LogP contribution in [0.1, 0.15) is 35.1 Å². The topological polar surface area (TPSA) is 121 Å². The molecule has 1 atom stereocenters. The van der Waals surface area contributed by atoms with Crippen LogP contribution in [-0.2, 0) is 35.4 Å². The van der Waals surface area contributed by atoms with E-state index in [1.54, 1.807) is 53.6 Å². The molecule has 0 bridgehead atoms. The minimum atomic E-state index is -4.69. The van der Waals surface area contributed by atoms with Crippen molar-refractivity contribution in [2.75, 3.05) is 40.9 Å². The number of ether oxygens (including phenoxy) is 2. The summed E-state index contributed by atoms with van der Waals surface area (Å²) in [6, 6.07) is 16.3. The molecule has 4 aromatic carbocycles. The van der Waals surface area contributed by atoms with Crippen LogP contribution < -0.4 is 20.1 Å². The van der Waals surface area contributed by atoms with E-state index in [0.29, 0.717) is 74.4 Å². The van der Waals surface area contributed by atoms with Gasteiger partial charge in [0.1, 0.15) is 17.3 Å². The third-order valence-electron chi connectivity index (χ3n) is 10.7. The number of nitrogens with zero attached hydrogens (tertiary/aromatic N) is 4. The van der Waals surface area contributed by atoms with Gasteiger partial charge in [-0.05, 0) is 53.4 Å². The van der Waals surface area contributed by atoms with Crippen LogP contribution in [0.25, 0.3) is 33.2 Å². The number of benzene rings is 4. The Morgan fingerprint density at radius 1 is 1.04 bits per heavy atom. The van der Waals surface area contributed by atoms with Crippen molar-refractivity contribution >= 4 is 34.4 Å². The zero-order valence-corrected chi connectivity index (χ0v) is 32.2. The van der Waals surface area contributed by atoms with Crippen molar-refractivity contribution < 1.29 is 41.7 Å². The first-order chi connectivity index (χ1) is 27.2. The number of hydrogen-bond donors (Lipinski definition) is 3. The van der Waals surface area contributed by atoms with E-state index in [0.717, 1.165) is 6.07 Å². The number of rotatable bonds is 14. The number of hydrogen-bond acceptors (Lipinski definition) is 8. The Hall–Kier alpha value is -5.22. The molecule has 0 saturated carbocycles. The fourth-order valence-corrected chi connectivity index (χ4v) is 7.86. The largest absolute Gasteiger partial charge is 0.496 e. The molecule has 2 fully saturated rings. The molecule has 2 aliphatic rings. The number of methoxy groups -OCH3 is 2. The van der Waals surface area contributed by atoms with E-state index in [2.05, 4.69) is 15.7 Å². The number of aromatic nitrogens is 2. The molecule has 1 aromatic heterocycles. The predicted molar refractivity (Wildman–Crippen MR) is 206 cm³/mol. The van der Waals surface area contributed by atoms with Crippen LogP contribution in [0.3, 0.4) is 0 Å². The van der Waals surface area contributed by atoms with E-state index < -0.39 is 29.4 Å². The fraction of sp³-hybridized carbons (Fsp3) is 0.341. The van der Waals surface area contributed by atoms with Crippen LogP contribution in [0.2, 0.25) is 5.02 Å². The lowest BCUT2D eigenvalue weighted by Crippen LogP contribution is -2.56. The highest BCUT2D eigenvalue weighted by molar-refractivity contribution is 6.36. The Balaban J connectivity index is 1.16. The predicted octanol–water partition coefficient (Wildman–Crippen LogP) is 6.98. The molecule has 300 valence electrons. The minimum Gasteiger partial charge on any atom is -0.496 e. The first kappa shape index (κ1) is 40.0. The van der Waals surface area contributed by atoms with Crippen molar-refractivity contribution in [2.45, 2.75) is 44.7 Å². The molecule has 0 radical (unpaired) electrons. The van der Waals surface area contributed by atoms with Crippen molar-refractivity contribution in [3.05, 3.63) is 100.0 Å². The highest BCUT2D eigenvalue weighted by Gasteiger charge is 2.37. The molecular weight excluding hydrogens is 768 g/mol. The van der Waals surface area contributed by atoms with Gasteiger partial charge in [0, 0.05) is 79.9 Å². The van der Waals surface area contributed by atoms with E-state index >= 15 is 4.39 Å². The van der Waals surface area contributed by atoms with Crippen molar-refractivity contribution in [1.82, 2.24) is 30.4 Å². The standard InChI is InChI=1S/C41H41ClF4N6O5/c1-50(51-20-26(21-51)40(54)55)19-25-12-33(41(44,45)46)24(15-36(25)56-2)22-52-35-9-5-7-29(31(35)18-48-52)30-8-4-6-28(39(30)42)23-13-34(43)32(37(14-23)57-3)17-47-16-27-10-11-38(53)49-27/h4-9,12-15,18,26-27,47H,10-11,16-17,19-22H2,1-3H3,(H,49,53)(H,54,55). The number of halogens is 5. The summed E-state index contributed by atoms with van der Waals surface area (Å²) in [6.07, 6.45) is -1.91. The molecule has 5 aromatic rings. The van der Waals surface area contributed by atoms with Crippen molar-refractivity contribution in [3.8, 4) is 33.8 Å². The average Bonchev–Trinajstić information content (AvgIpc) is 3.76. The number of carbonyl (C=O) groups excluding carboxylic acids is 1. The summed E-state index contributed by atoms with van der Waals surface area (Å²) in [6.45, 7) is 1.08. The molecule has 3 heterocycles. The maximum absolute atomic E-state index is 15.7. The van der Waals surface area contributed by atoms with Crippen LogP contribution >= 0.6 is 11.6 Å². The van der Waals surface area contributed by atoms with Crippen LogP contribution in [0.15, 0.2) is 66.9 Å². The summed E-state index contributed by atoms with van der Waals surface area (Å²) < 4.78 is 72.2. The molecule has 2 aliphatic heterocycles. The van der Waals surface area contributed by atoms with Gasteiger partial charge in [-0.1, -0.05) is 41.9 Å². The maximum Gasteiger partial charge on any atom is 0.416 e. The van der Waals surface area contributed by atoms with Crippen LogP contribution in [0.4, 0.5) is 17.6 Å². The molecule has 2 saturated heterocycles. The zero-order valence-electron chi connectivity index (χ0n) is 31.4. The SMILES string of the molecule is COc1cc(Cn2ncc3c(-c4cccc(-c5cc(F)c(CNCC6CCC(=O)N6)c(OC)c5)c4Cl)cccc32)c(C(F)(F)F)cc1CN(C)N1CC(C(=O)O)C1. The molecule has 0 aliphatic carbocycles. The Morgan fingerprint density at radius 3 is 2.44 bits per heavy atom. The van der Waals surface area contributed by atoms with E-state index in [1.807, 2.05) is 12.1 Å². The third kappa shape index (κ3) is 8.28. The van der Waals surface area contributed by atoms with E-state index in [9.17, 15) is 27.9 Å². The van der Waals surface area contributed by atoms with Crippen LogP contribution in [-0.4, -0.2) is 83.7 Å². The quantitative estimate of drug-likeness (QED) is 0.102. The highest BCUT2D eigenvalue weighted by Crippen LogP contribution is 2.42. The van der Waals surface area contributed by atoms with Crippen molar-refractivity contribution in [1.29, 1.82) is 0 Å². The lowest BCUT2D eigenvalue weighted by atomic mass is 9.96. The second-order valence-electron chi connectivity index (χ2n) is 14.3. The van der Waals surface area contributed by atoms with Crippen molar-refractivity contribution in [2.24, 2.45) is 5.92 Å². The van der Waals surface area contributed by atoms with Gasteiger partial charge in [0.05, 0.1) is 49.0 Å². The fourth-order valence-electron chi connectivity index (χ4n) is 7.52. The lowest BCUT2D eigenvalue weighted by Gasteiger charge is -2.42. The average molecular weight is 809 g/mol. The molecule has 1 amide bonds. The molecule has 11 nitrogen and oxygen atoms in total. The Labute approximate surface area is 331 Å². The summed E-state index contributed by atoms with van der Waals surface area (Å²) in [5.41, 5.74) is 2.67. The molecule has 57 heavy (non-hydrogen) atoms. The van der Waals surface area contributed by atoms with Gasteiger partial charge in [0.2, 0.25) is 5.91 Å². The molecule has 7 rings (SSSR count). The van der Waals surface area contributed by atoms with Crippen LogP contribution in [0, 0.1) is 11.7 Å². The van der Waals surface area contributed by atoms with Gasteiger partial charge in [-0.25, -0.2) is 14.4 Å². The van der Waals surface area contributed by atoms with Crippen molar-refractivity contribution in [3.63, 3.8) is 0 Å². The molecule has 3 N–H and O–H groups in total. The first-order valence-corrected chi connectivity index (χ1v) is 18.7. The highest BCUT2D eigenvalue weighted by atomic mass is 35.5. The van der Waals surface area contributed by atoms with Gasteiger partial charge >= 0.3 is 12.1 Å². The number of carbonyl (C=O) groups is 2. The smallest absolute Gasteiger partial charge is 0.416 e. The van der Waals surface area contributed by atoms with Gasteiger partial charge in [0.25, 0.3) is 0 Å². The van der Waals surface area contributed by atoms with E-state index in [1.165, 1.54) is 31.0 Å². The van der Waals surface area contributed by atoms with Gasteiger partial charge in [-0.15, -0.1) is 0 Å². The Bertz CT molecular complexity index is 2330. The third-order valence-corrected chi connectivity index (χ3v) is 11.1. The normalized spacial score (nSPS) is 16.3. The Kier molecular flexibility index (Phi) is 11.5. The summed E-state index contributed by atoms with van der Waals surface area (Å²) in [7, 11) is 4.55. The summed E-state index contributed by atoms with van der Waals surface area (Å²) in [4.78, 5) is 22.8. The second-order valence-corrected chi connectivity index (χ2v) is 14.7. The summed E-state index contributed by atoms with van der Waals surface area (Å²) in [5, 5.41) is 24.3. The van der Waals surface area contributed by atoms with Gasteiger partial charge in [-0.3, -0.25) is 14.3 Å². The monoisotopic (exact) mass is 808 g/mol. The molecule has 16 heteroatoms. The number of aliphatic carboxylic acids is 1. The van der Waals surface area contributed by atoms with Gasteiger partial charge in [-0.2, -0.15) is 18.3 Å². The number of nitrogens with one attached hydrogen (secondary N) is 2. The van der Waals surface area contributed by atoms with Crippen LogP contribution in [0.5, 0.6) is 11.5 Å². The number of alkyl halides is 3. The number of fused-ring (bicyclic) bond motifs is 1. The number of amides is 1. The molecule has 0 spiro atoms. The lowest BCUT2D eigenvalue weighted by molar-refractivity contribution is -0.160. The molecule has 1 unspecified atom stereocenters. The van der Waals surface area contributed by atoms with E-state index in [4.69, 9.17) is 21.1 Å². The zero-order chi connectivity index (χ0) is 40.6. The Morgan fingerprint density at radius 2 is 1.75 bits per heavy atom.